The van der Waals surface area contributed by atoms with Crippen LogP contribution in [0.3, 0.4) is 0 Å². The number of carbonyl (C=O) groups is 1. The molecule has 94 valence electrons. The van der Waals surface area contributed by atoms with E-state index in [2.05, 4.69) is 5.32 Å². The van der Waals surface area contributed by atoms with Crippen LogP contribution in [-0.2, 0) is 4.79 Å². The van der Waals surface area contributed by atoms with Gasteiger partial charge in [0.2, 0.25) is 5.91 Å². The molecule has 0 aliphatic carbocycles. The summed E-state index contributed by atoms with van der Waals surface area (Å²) >= 11 is 0. The first-order chi connectivity index (χ1) is 7.97. The summed E-state index contributed by atoms with van der Waals surface area (Å²) in [5.41, 5.74) is 5.76. The van der Waals surface area contributed by atoms with E-state index in [1.807, 2.05) is 0 Å². The number of ether oxygens (including phenoxy) is 1. The second-order valence-corrected chi connectivity index (χ2v) is 3.87. The molecule has 0 heterocycles. The summed E-state index contributed by atoms with van der Waals surface area (Å²) in [4.78, 5) is 11.4. The minimum absolute atomic E-state index is 0.323. The van der Waals surface area contributed by atoms with Gasteiger partial charge in [-0.2, -0.15) is 0 Å². The minimum atomic E-state index is -0.629. The molecule has 3 N–H and O–H groups in total. The molecule has 2 atom stereocenters. The highest BCUT2D eigenvalue weighted by Crippen LogP contribution is 2.27. The van der Waals surface area contributed by atoms with E-state index in [9.17, 15) is 9.18 Å². The van der Waals surface area contributed by atoms with Gasteiger partial charge in [-0.15, -0.1) is 0 Å². The summed E-state index contributed by atoms with van der Waals surface area (Å²) in [7, 11) is 1.46. The Kier molecular flexibility index (Phi) is 4.45. The molecule has 0 spiro atoms. The van der Waals surface area contributed by atoms with Gasteiger partial charge in [0.05, 0.1) is 24.8 Å². The van der Waals surface area contributed by atoms with Crippen LogP contribution in [0.15, 0.2) is 18.2 Å². The molecule has 0 aliphatic heterocycles. The number of hydrogen-bond donors (Lipinski definition) is 2. The summed E-state index contributed by atoms with van der Waals surface area (Å²) in [5.74, 6) is -0.341. The summed E-state index contributed by atoms with van der Waals surface area (Å²) in [6, 6.07) is 3.40. The first-order valence-electron chi connectivity index (χ1n) is 5.35. The molecule has 1 rings (SSSR count). The van der Waals surface area contributed by atoms with E-state index in [1.165, 1.54) is 13.2 Å². The van der Waals surface area contributed by atoms with Gasteiger partial charge < -0.3 is 15.8 Å². The Bertz CT molecular complexity index is 407. The fraction of sp³-hybridized carbons (Fsp3) is 0.417. The molecule has 0 fully saturated rings. The van der Waals surface area contributed by atoms with E-state index < -0.39 is 17.9 Å². The van der Waals surface area contributed by atoms with Crippen LogP contribution in [0.4, 0.5) is 4.39 Å². The Balaban J connectivity index is 2.95. The molecule has 1 aromatic carbocycles. The molecule has 0 radical (unpaired) electrons. The molecule has 0 saturated carbocycles. The molecular formula is C12H17FN2O2. The van der Waals surface area contributed by atoms with Crippen molar-refractivity contribution < 1.29 is 13.9 Å². The highest BCUT2D eigenvalue weighted by atomic mass is 19.1. The Labute approximate surface area is 100.0 Å². The fourth-order valence-corrected chi connectivity index (χ4v) is 1.53. The lowest BCUT2D eigenvalue weighted by atomic mass is 10.1. The van der Waals surface area contributed by atoms with Crippen molar-refractivity contribution in [2.45, 2.75) is 25.9 Å². The van der Waals surface area contributed by atoms with Gasteiger partial charge in [-0.25, -0.2) is 4.39 Å². The Morgan fingerprint density at radius 2 is 2.12 bits per heavy atom. The van der Waals surface area contributed by atoms with Crippen LogP contribution >= 0.6 is 0 Å². The lowest BCUT2D eigenvalue weighted by molar-refractivity contribution is -0.122. The quantitative estimate of drug-likeness (QED) is 0.835. The maximum Gasteiger partial charge on any atom is 0.237 e. The van der Waals surface area contributed by atoms with Crippen molar-refractivity contribution in [2.75, 3.05) is 7.11 Å². The van der Waals surface area contributed by atoms with Crippen molar-refractivity contribution in [1.29, 1.82) is 0 Å². The summed E-state index contributed by atoms with van der Waals surface area (Å²) in [6.45, 7) is 3.25. The van der Waals surface area contributed by atoms with Gasteiger partial charge in [-0.3, -0.25) is 4.79 Å². The van der Waals surface area contributed by atoms with Gasteiger partial charge in [0.25, 0.3) is 0 Å². The third-order valence-electron chi connectivity index (χ3n) is 2.44. The van der Waals surface area contributed by atoms with Crippen LogP contribution in [0.2, 0.25) is 0 Å². The molecule has 4 nitrogen and oxygen atoms in total. The maximum absolute atomic E-state index is 13.7. The number of benzene rings is 1. The monoisotopic (exact) mass is 240 g/mol. The van der Waals surface area contributed by atoms with Crippen LogP contribution in [-0.4, -0.2) is 19.1 Å². The number of hydrogen-bond acceptors (Lipinski definition) is 3. The second kappa shape index (κ2) is 5.63. The van der Waals surface area contributed by atoms with Crippen molar-refractivity contribution in [3.05, 3.63) is 29.6 Å². The van der Waals surface area contributed by atoms with Gasteiger partial charge in [-0.1, -0.05) is 6.07 Å². The third kappa shape index (κ3) is 3.17. The SMILES string of the molecule is COc1cccc(F)c1C(C)NC(=O)[C@H](C)N. The maximum atomic E-state index is 13.7. The smallest absolute Gasteiger partial charge is 0.237 e. The molecule has 1 aromatic rings. The molecule has 1 amide bonds. The van der Waals surface area contributed by atoms with Crippen molar-refractivity contribution in [2.24, 2.45) is 5.73 Å². The number of rotatable bonds is 4. The zero-order chi connectivity index (χ0) is 13.0. The number of halogens is 1. The molecule has 17 heavy (non-hydrogen) atoms. The summed E-state index contributed by atoms with van der Waals surface area (Å²) in [5, 5.41) is 2.63. The van der Waals surface area contributed by atoms with E-state index in [4.69, 9.17) is 10.5 Å². The number of nitrogens with two attached hydrogens (primary N) is 1. The molecule has 5 heteroatoms. The average Bonchev–Trinajstić information content (AvgIpc) is 2.27. The van der Waals surface area contributed by atoms with Gasteiger partial charge in [-0.05, 0) is 26.0 Å². The van der Waals surface area contributed by atoms with Gasteiger partial charge in [0.1, 0.15) is 11.6 Å². The highest BCUT2D eigenvalue weighted by Gasteiger charge is 2.19. The zero-order valence-corrected chi connectivity index (χ0v) is 10.2. The van der Waals surface area contributed by atoms with E-state index in [0.717, 1.165) is 0 Å². The molecule has 1 unspecified atom stereocenters. The molecule has 0 aromatic heterocycles. The van der Waals surface area contributed by atoms with Crippen LogP contribution in [0.25, 0.3) is 0 Å². The topological polar surface area (TPSA) is 64.3 Å². The lowest BCUT2D eigenvalue weighted by Gasteiger charge is -2.19. The van der Waals surface area contributed by atoms with Gasteiger partial charge in [0, 0.05) is 0 Å². The highest BCUT2D eigenvalue weighted by molar-refractivity contribution is 5.81. The lowest BCUT2D eigenvalue weighted by Crippen LogP contribution is -2.39. The zero-order valence-electron chi connectivity index (χ0n) is 10.2. The largest absolute Gasteiger partial charge is 0.496 e. The molecule has 0 aliphatic rings. The summed E-state index contributed by atoms with van der Waals surface area (Å²) in [6.07, 6.45) is 0. The van der Waals surface area contributed by atoms with Crippen LogP contribution < -0.4 is 15.8 Å². The Hall–Kier alpha value is -1.62. The third-order valence-corrected chi connectivity index (χ3v) is 2.44. The van der Waals surface area contributed by atoms with Crippen LogP contribution in [0.1, 0.15) is 25.5 Å². The van der Waals surface area contributed by atoms with Gasteiger partial charge >= 0.3 is 0 Å². The van der Waals surface area contributed by atoms with Crippen molar-refractivity contribution in [3.8, 4) is 5.75 Å². The fourth-order valence-electron chi connectivity index (χ4n) is 1.53. The molecule has 0 saturated heterocycles. The number of amides is 1. The average molecular weight is 240 g/mol. The van der Waals surface area contributed by atoms with E-state index in [-0.39, 0.29) is 5.91 Å². The number of carbonyl (C=O) groups excluding carboxylic acids is 1. The Morgan fingerprint density at radius 3 is 2.65 bits per heavy atom. The summed E-state index contributed by atoms with van der Waals surface area (Å²) < 4.78 is 18.7. The van der Waals surface area contributed by atoms with E-state index in [1.54, 1.807) is 26.0 Å². The number of methoxy groups -OCH3 is 1. The Morgan fingerprint density at radius 1 is 1.47 bits per heavy atom. The standard InChI is InChI=1S/C12H17FN2O2/c1-7(14)12(16)15-8(2)11-9(13)5-4-6-10(11)17-3/h4-8H,14H2,1-3H3,(H,15,16)/t7-,8?/m0/s1. The van der Waals surface area contributed by atoms with E-state index >= 15 is 0 Å². The normalized spacial score (nSPS) is 13.9. The first kappa shape index (κ1) is 13.4. The second-order valence-electron chi connectivity index (χ2n) is 3.87. The van der Waals surface area contributed by atoms with Crippen LogP contribution in [0.5, 0.6) is 5.75 Å². The van der Waals surface area contributed by atoms with E-state index in [0.29, 0.717) is 11.3 Å². The minimum Gasteiger partial charge on any atom is -0.496 e. The van der Waals surface area contributed by atoms with Crippen LogP contribution in [0, 0.1) is 5.82 Å². The number of nitrogens with one attached hydrogen (secondary N) is 1. The first-order valence-corrected chi connectivity index (χ1v) is 5.35. The predicted molar refractivity (Wildman–Crippen MR) is 63.2 cm³/mol. The predicted octanol–water partition coefficient (Wildman–Crippen LogP) is 1.36. The van der Waals surface area contributed by atoms with Crippen molar-refractivity contribution in [3.63, 3.8) is 0 Å². The molecular weight excluding hydrogens is 223 g/mol. The van der Waals surface area contributed by atoms with Gasteiger partial charge in [0.15, 0.2) is 0 Å². The van der Waals surface area contributed by atoms with Crippen molar-refractivity contribution in [1.82, 2.24) is 5.32 Å². The molecule has 0 bridgehead atoms. The van der Waals surface area contributed by atoms with Crippen molar-refractivity contribution >= 4 is 5.91 Å².